The number of hydroxylamine groups is 2. The lowest BCUT2D eigenvalue weighted by atomic mass is 10.1. The maximum Gasteiger partial charge on any atom is 0.414 e. The molecule has 3 fully saturated rings. The molecule has 3 aliphatic heterocycles. The summed E-state index contributed by atoms with van der Waals surface area (Å²) in [7, 11) is 2.07. The molecule has 14 heteroatoms. The molecule has 3 saturated heterocycles. The summed E-state index contributed by atoms with van der Waals surface area (Å²) in [6, 6.07) is 4.43. The second-order valence-electron chi connectivity index (χ2n) is 9.19. The Morgan fingerprint density at radius 3 is 2.62 bits per heavy atom. The van der Waals surface area contributed by atoms with Gasteiger partial charge in [0.05, 0.1) is 31.1 Å². The van der Waals surface area contributed by atoms with Crippen LogP contribution in [0.15, 0.2) is 18.2 Å². The first-order valence-corrected chi connectivity index (χ1v) is 12.6. The van der Waals surface area contributed by atoms with Crippen LogP contribution in [-0.4, -0.2) is 111 Å². The van der Waals surface area contributed by atoms with E-state index in [9.17, 15) is 18.4 Å². The summed E-state index contributed by atoms with van der Waals surface area (Å²) in [6.07, 6.45) is -4.87. The number of anilines is 2. The molecule has 1 amide bonds. The van der Waals surface area contributed by atoms with Gasteiger partial charge in [-0.25, -0.2) is 28.0 Å². The molecule has 0 radical (unpaired) electrons. The topological polar surface area (TPSA) is 80.8 Å². The number of amides is 1. The van der Waals surface area contributed by atoms with Gasteiger partial charge in [0.15, 0.2) is 5.78 Å². The summed E-state index contributed by atoms with van der Waals surface area (Å²) in [6.45, 7) is 5.25. The predicted molar refractivity (Wildman–Crippen MR) is 134 cm³/mol. The Morgan fingerprint density at radius 2 is 1.92 bits per heavy atom. The minimum atomic E-state index is -3.05. The fourth-order valence-corrected chi connectivity index (χ4v) is 4.65. The second kappa shape index (κ2) is 12.2. The smallest absolute Gasteiger partial charge is 0.414 e. The van der Waals surface area contributed by atoms with E-state index in [0.717, 1.165) is 26.2 Å². The molecule has 0 unspecified atom stereocenters. The van der Waals surface area contributed by atoms with Crippen LogP contribution in [0.3, 0.4) is 0 Å². The first-order valence-electron chi connectivity index (χ1n) is 12.2. The number of alkyl halides is 2. The van der Waals surface area contributed by atoms with E-state index in [1.807, 2.05) is 4.90 Å². The van der Waals surface area contributed by atoms with Crippen molar-refractivity contribution < 1.29 is 32.3 Å². The molecule has 10 nitrogen and oxygen atoms in total. The third kappa shape index (κ3) is 7.00. The number of benzene rings is 1. The number of Topliss-reactive ketones (excluding diaryl/α,β-unsaturated/α-hetero) is 1. The van der Waals surface area contributed by atoms with E-state index in [0.29, 0.717) is 42.7 Å². The lowest BCUT2D eigenvalue weighted by Crippen LogP contribution is -2.55. The average Bonchev–Trinajstić information content (AvgIpc) is 3.07. The quantitative estimate of drug-likeness (QED) is 0.514. The van der Waals surface area contributed by atoms with E-state index in [-0.39, 0.29) is 19.4 Å². The van der Waals surface area contributed by atoms with Crippen molar-refractivity contribution in [2.75, 3.05) is 75.8 Å². The minimum Gasteiger partial charge on any atom is -0.444 e. The van der Waals surface area contributed by atoms with E-state index < -0.39 is 30.2 Å². The number of carbonyl (C=O) groups is 2. The highest BCUT2D eigenvalue weighted by Gasteiger charge is 2.34. The Labute approximate surface area is 218 Å². The van der Waals surface area contributed by atoms with Crippen LogP contribution in [-0.2, 0) is 14.4 Å². The van der Waals surface area contributed by atoms with Crippen LogP contribution in [0, 0.1) is 5.82 Å². The molecule has 0 spiro atoms. The maximum atomic E-state index is 15.1. The standard InChI is InChI=1S/C23H31F3N6O4S/c1-28-6-9-30(10-7-28)27-22(37)32-11-8-29(12-13-35-32)19-4-2-16(14-18(19)24)31-15-17(36-23(31)34)3-5-20(33)21(25)26/h2,4,14,17,21H,3,5-13,15H2,1H3,(H,27,37)/t17-/m0/s1. The van der Waals surface area contributed by atoms with E-state index >= 15 is 4.39 Å². The number of thiocarbonyl (C=S) groups is 1. The fraction of sp³-hybridized carbons (Fsp3) is 0.609. The molecule has 37 heavy (non-hydrogen) atoms. The number of carbonyl (C=O) groups excluding carboxylic acids is 2. The number of hydrazine groups is 1. The van der Waals surface area contributed by atoms with Crippen LogP contribution in [0.25, 0.3) is 0 Å². The van der Waals surface area contributed by atoms with Crippen LogP contribution in [0.1, 0.15) is 12.8 Å². The molecule has 1 aromatic carbocycles. The number of nitrogens with one attached hydrogen (secondary N) is 1. The molecule has 204 valence electrons. The van der Waals surface area contributed by atoms with Crippen molar-refractivity contribution in [3.8, 4) is 0 Å². The number of rotatable bonds is 7. The van der Waals surface area contributed by atoms with Gasteiger partial charge in [0, 0.05) is 45.7 Å². The zero-order chi connectivity index (χ0) is 26.5. The zero-order valence-corrected chi connectivity index (χ0v) is 21.4. The summed E-state index contributed by atoms with van der Waals surface area (Å²) in [5.74, 6) is -1.71. The van der Waals surface area contributed by atoms with Crippen molar-refractivity contribution in [1.82, 2.24) is 20.4 Å². The number of hydrogen-bond donors (Lipinski definition) is 1. The van der Waals surface area contributed by atoms with Crippen molar-refractivity contribution in [2.45, 2.75) is 25.4 Å². The molecule has 3 aliphatic rings. The van der Waals surface area contributed by atoms with Gasteiger partial charge in [0.1, 0.15) is 11.9 Å². The fourth-order valence-electron chi connectivity index (χ4n) is 4.37. The van der Waals surface area contributed by atoms with Crippen LogP contribution in [0.4, 0.5) is 29.3 Å². The first-order chi connectivity index (χ1) is 17.7. The van der Waals surface area contributed by atoms with Gasteiger partial charge in [-0.2, -0.15) is 0 Å². The predicted octanol–water partition coefficient (Wildman–Crippen LogP) is 1.86. The van der Waals surface area contributed by atoms with Crippen molar-refractivity contribution >= 4 is 40.6 Å². The third-order valence-electron chi connectivity index (χ3n) is 6.58. The number of piperazine rings is 1. The van der Waals surface area contributed by atoms with E-state index in [4.69, 9.17) is 21.8 Å². The number of ether oxygens (including phenoxy) is 1. The molecule has 0 aromatic heterocycles. The molecule has 1 aromatic rings. The highest BCUT2D eigenvalue weighted by molar-refractivity contribution is 7.80. The monoisotopic (exact) mass is 544 g/mol. The van der Waals surface area contributed by atoms with Crippen LogP contribution < -0.4 is 15.2 Å². The highest BCUT2D eigenvalue weighted by Crippen LogP contribution is 2.29. The lowest BCUT2D eigenvalue weighted by molar-refractivity contribution is -0.129. The highest BCUT2D eigenvalue weighted by atomic mass is 32.1. The zero-order valence-electron chi connectivity index (χ0n) is 20.6. The Morgan fingerprint density at radius 1 is 1.16 bits per heavy atom. The van der Waals surface area contributed by atoms with Crippen molar-refractivity contribution in [1.29, 1.82) is 0 Å². The van der Waals surface area contributed by atoms with Crippen LogP contribution >= 0.6 is 12.2 Å². The summed E-state index contributed by atoms with van der Waals surface area (Å²) >= 11 is 5.51. The molecule has 0 bridgehead atoms. The van der Waals surface area contributed by atoms with Gasteiger partial charge < -0.3 is 14.5 Å². The Kier molecular flexibility index (Phi) is 9.05. The van der Waals surface area contributed by atoms with Crippen molar-refractivity contribution in [2.24, 2.45) is 0 Å². The van der Waals surface area contributed by atoms with E-state index in [1.165, 1.54) is 11.0 Å². The molecule has 4 rings (SSSR count). The van der Waals surface area contributed by atoms with Gasteiger partial charge in [0.25, 0.3) is 6.43 Å². The summed E-state index contributed by atoms with van der Waals surface area (Å²) in [5, 5.41) is 4.12. The van der Waals surface area contributed by atoms with Gasteiger partial charge in [0.2, 0.25) is 5.11 Å². The molecule has 0 saturated carbocycles. The third-order valence-corrected chi connectivity index (χ3v) is 6.87. The number of ketones is 1. The Balaban J connectivity index is 1.31. The second-order valence-corrected chi connectivity index (χ2v) is 9.57. The van der Waals surface area contributed by atoms with E-state index in [1.54, 1.807) is 17.2 Å². The first kappa shape index (κ1) is 27.4. The Hall–Kier alpha value is -2.68. The number of hydrogen-bond acceptors (Lipinski definition) is 8. The minimum absolute atomic E-state index is 0.0121. The molecular formula is C23H31F3N6O4S. The number of halogens is 3. The van der Waals surface area contributed by atoms with Crippen molar-refractivity contribution in [3.63, 3.8) is 0 Å². The largest absolute Gasteiger partial charge is 0.444 e. The molecule has 3 heterocycles. The summed E-state index contributed by atoms with van der Waals surface area (Å²) in [5.41, 5.74) is 3.86. The SMILES string of the molecule is CN1CCN(NC(=S)N2CCN(c3ccc(N4C[C@H](CCC(=O)C(F)F)OC4=O)cc3F)CCO2)CC1. The van der Waals surface area contributed by atoms with Gasteiger partial charge in [-0.3, -0.25) is 20.0 Å². The molecule has 1 atom stereocenters. The van der Waals surface area contributed by atoms with Gasteiger partial charge in [-0.1, -0.05) is 0 Å². The van der Waals surface area contributed by atoms with Gasteiger partial charge >= 0.3 is 6.09 Å². The number of nitrogens with zero attached hydrogens (tertiary/aromatic N) is 5. The molecular weight excluding hydrogens is 513 g/mol. The summed E-state index contributed by atoms with van der Waals surface area (Å²) in [4.78, 5) is 34.5. The molecule has 0 aliphatic carbocycles. The summed E-state index contributed by atoms with van der Waals surface area (Å²) < 4.78 is 45.1. The number of likely N-dealkylation sites (N-methyl/N-ethyl adjacent to an activating group) is 1. The maximum absolute atomic E-state index is 15.1. The molecule has 1 N–H and O–H groups in total. The van der Waals surface area contributed by atoms with Crippen molar-refractivity contribution in [3.05, 3.63) is 24.0 Å². The van der Waals surface area contributed by atoms with Gasteiger partial charge in [-0.15, -0.1) is 0 Å². The van der Waals surface area contributed by atoms with Crippen LogP contribution in [0.5, 0.6) is 0 Å². The Bertz CT molecular complexity index is 997. The van der Waals surface area contributed by atoms with Crippen LogP contribution in [0.2, 0.25) is 0 Å². The van der Waals surface area contributed by atoms with Gasteiger partial charge in [-0.05, 0) is 43.9 Å². The van der Waals surface area contributed by atoms with E-state index in [2.05, 4.69) is 22.4 Å². The number of cyclic esters (lactones) is 1. The normalized spacial score (nSPS) is 21.8. The lowest BCUT2D eigenvalue weighted by Gasteiger charge is -2.34. The average molecular weight is 545 g/mol.